The van der Waals surface area contributed by atoms with E-state index in [0.717, 1.165) is 0 Å². The number of aliphatic imine (C=N–C) groups is 1. The van der Waals surface area contributed by atoms with Crippen molar-refractivity contribution in [2.45, 2.75) is 96.9 Å². The first kappa shape index (κ1) is 16.5. The normalized spacial score (nSPS) is 21.9. The van der Waals surface area contributed by atoms with Crippen LogP contribution in [0, 0.1) is 0 Å². The van der Waals surface area contributed by atoms with Gasteiger partial charge in [0.25, 0.3) is 0 Å². The summed E-state index contributed by atoms with van der Waals surface area (Å²) in [7, 11) is 0. The van der Waals surface area contributed by atoms with Crippen LogP contribution in [-0.2, 0) is 0 Å². The first-order valence-electron chi connectivity index (χ1n) is 8.42. The van der Waals surface area contributed by atoms with Crippen LogP contribution in [-0.4, -0.2) is 11.3 Å². The minimum atomic E-state index is 0.115. The molecular weight excluding hydrogens is 230 g/mol. The van der Waals surface area contributed by atoms with E-state index in [2.05, 4.69) is 32.9 Å². The predicted molar refractivity (Wildman–Crippen MR) is 87.1 cm³/mol. The Bertz CT molecular complexity index is 290. The Kier molecular flexibility index (Phi) is 8.09. The molecule has 1 aliphatic rings. The van der Waals surface area contributed by atoms with Crippen molar-refractivity contribution in [3.05, 3.63) is 12.2 Å². The van der Waals surface area contributed by atoms with Crippen LogP contribution in [0.25, 0.3) is 0 Å². The van der Waals surface area contributed by atoms with Crippen LogP contribution in [0.2, 0.25) is 0 Å². The fraction of sp³-hybridized carbons (Fsp3) is 0.833. The predicted octanol–water partition coefficient (Wildman–Crippen LogP) is 6.09. The maximum absolute atomic E-state index is 4.70. The van der Waals surface area contributed by atoms with E-state index < -0.39 is 0 Å². The van der Waals surface area contributed by atoms with Crippen molar-refractivity contribution in [1.29, 1.82) is 0 Å². The zero-order valence-electron chi connectivity index (χ0n) is 13.4. The molecule has 0 aromatic heterocycles. The maximum Gasteiger partial charge on any atom is 0.0766 e. The van der Waals surface area contributed by atoms with Crippen LogP contribution < -0.4 is 0 Å². The largest absolute Gasteiger partial charge is 0.280 e. The van der Waals surface area contributed by atoms with Gasteiger partial charge in [-0.1, -0.05) is 77.2 Å². The highest BCUT2D eigenvalue weighted by atomic mass is 14.9. The third-order valence-electron chi connectivity index (χ3n) is 4.15. The standard InChI is InChI=1S/C18H33N/c1-4-5-6-7-8-9-10-11-12-13-15-18(3)16-14-17(2)19-18/h14,16H,4-13,15H2,1-3H3. The zero-order chi connectivity index (χ0) is 14.0. The Labute approximate surface area is 120 Å². The molecule has 1 nitrogen and oxygen atoms in total. The molecule has 1 heterocycles. The molecule has 1 rings (SSSR count). The van der Waals surface area contributed by atoms with Crippen LogP contribution in [0.4, 0.5) is 0 Å². The highest BCUT2D eigenvalue weighted by molar-refractivity contribution is 5.95. The third-order valence-corrected chi connectivity index (χ3v) is 4.15. The van der Waals surface area contributed by atoms with Gasteiger partial charge >= 0.3 is 0 Å². The van der Waals surface area contributed by atoms with E-state index in [9.17, 15) is 0 Å². The lowest BCUT2D eigenvalue weighted by atomic mass is 9.95. The number of hydrogen-bond acceptors (Lipinski definition) is 1. The second-order valence-electron chi connectivity index (χ2n) is 6.38. The Morgan fingerprint density at radius 3 is 1.89 bits per heavy atom. The summed E-state index contributed by atoms with van der Waals surface area (Å²) in [5.74, 6) is 0. The highest BCUT2D eigenvalue weighted by Crippen LogP contribution is 2.25. The summed E-state index contributed by atoms with van der Waals surface area (Å²) in [5.41, 5.74) is 1.30. The van der Waals surface area contributed by atoms with E-state index in [1.54, 1.807) is 0 Å². The first-order valence-corrected chi connectivity index (χ1v) is 8.42. The number of unbranched alkanes of at least 4 members (excludes halogenated alkanes) is 9. The molecule has 0 spiro atoms. The summed E-state index contributed by atoms with van der Waals surface area (Å²) in [4.78, 5) is 4.70. The lowest BCUT2D eigenvalue weighted by Crippen LogP contribution is -2.16. The highest BCUT2D eigenvalue weighted by Gasteiger charge is 2.22. The van der Waals surface area contributed by atoms with Crippen LogP contribution in [0.3, 0.4) is 0 Å². The van der Waals surface area contributed by atoms with Crippen molar-refractivity contribution in [1.82, 2.24) is 0 Å². The van der Waals surface area contributed by atoms with E-state index in [-0.39, 0.29) is 5.54 Å². The molecule has 19 heavy (non-hydrogen) atoms. The van der Waals surface area contributed by atoms with Gasteiger partial charge in [-0.05, 0) is 26.3 Å². The molecule has 0 aromatic carbocycles. The van der Waals surface area contributed by atoms with Crippen LogP contribution in [0.15, 0.2) is 17.1 Å². The summed E-state index contributed by atoms with van der Waals surface area (Å²) in [5, 5.41) is 0. The quantitative estimate of drug-likeness (QED) is 0.400. The van der Waals surface area contributed by atoms with Gasteiger partial charge in [-0.2, -0.15) is 0 Å². The van der Waals surface area contributed by atoms with Gasteiger partial charge in [-0.3, -0.25) is 4.99 Å². The molecule has 0 amide bonds. The van der Waals surface area contributed by atoms with Gasteiger partial charge in [-0.15, -0.1) is 0 Å². The van der Waals surface area contributed by atoms with Crippen molar-refractivity contribution in [2.24, 2.45) is 4.99 Å². The molecule has 0 fully saturated rings. The van der Waals surface area contributed by atoms with Gasteiger partial charge in [-0.25, -0.2) is 0 Å². The Morgan fingerprint density at radius 1 is 0.895 bits per heavy atom. The molecule has 1 heteroatoms. The number of rotatable bonds is 11. The van der Waals surface area contributed by atoms with Crippen LogP contribution >= 0.6 is 0 Å². The molecule has 0 aliphatic carbocycles. The SMILES string of the molecule is CCCCCCCCCCCCC1(C)C=CC(C)=N1. The molecule has 0 aromatic rings. The maximum atomic E-state index is 4.70. The minimum absolute atomic E-state index is 0.115. The topological polar surface area (TPSA) is 12.4 Å². The van der Waals surface area contributed by atoms with Gasteiger partial charge in [0.2, 0.25) is 0 Å². The number of allylic oxidation sites excluding steroid dienone is 1. The number of nitrogens with zero attached hydrogens (tertiary/aromatic N) is 1. The number of hydrogen-bond donors (Lipinski definition) is 0. The van der Waals surface area contributed by atoms with Gasteiger partial charge in [0.05, 0.1) is 5.54 Å². The molecule has 0 radical (unpaired) electrons. The smallest absolute Gasteiger partial charge is 0.0766 e. The molecule has 0 bridgehead atoms. The van der Waals surface area contributed by atoms with Crippen LogP contribution in [0.1, 0.15) is 91.4 Å². The molecule has 1 atom stereocenters. The second kappa shape index (κ2) is 9.34. The lowest BCUT2D eigenvalue weighted by molar-refractivity contribution is 0.486. The van der Waals surface area contributed by atoms with Gasteiger partial charge in [0.15, 0.2) is 0 Å². The summed E-state index contributed by atoms with van der Waals surface area (Å²) in [6, 6.07) is 0. The van der Waals surface area contributed by atoms with Crippen LogP contribution in [0.5, 0.6) is 0 Å². The first-order chi connectivity index (χ1) is 9.16. The summed E-state index contributed by atoms with van der Waals surface area (Å²) < 4.78 is 0. The zero-order valence-corrected chi connectivity index (χ0v) is 13.4. The fourth-order valence-corrected chi connectivity index (χ4v) is 2.89. The minimum Gasteiger partial charge on any atom is -0.280 e. The Balaban J connectivity index is 1.88. The van der Waals surface area contributed by atoms with Gasteiger partial charge in [0.1, 0.15) is 0 Å². The Hall–Kier alpha value is -0.590. The molecule has 0 N–H and O–H groups in total. The molecule has 0 saturated heterocycles. The molecular formula is C18H33N. The van der Waals surface area contributed by atoms with Crippen molar-refractivity contribution in [3.63, 3.8) is 0 Å². The third kappa shape index (κ3) is 7.54. The average Bonchev–Trinajstić information content (AvgIpc) is 2.72. The summed E-state index contributed by atoms with van der Waals surface area (Å²) >= 11 is 0. The molecule has 110 valence electrons. The van der Waals surface area contributed by atoms with E-state index in [4.69, 9.17) is 4.99 Å². The van der Waals surface area contributed by atoms with Crippen molar-refractivity contribution < 1.29 is 0 Å². The van der Waals surface area contributed by atoms with Crippen molar-refractivity contribution >= 4 is 5.71 Å². The fourth-order valence-electron chi connectivity index (χ4n) is 2.89. The Morgan fingerprint density at radius 2 is 1.42 bits per heavy atom. The summed E-state index contributed by atoms with van der Waals surface area (Å²) in [6.45, 7) is 6.64. The van der Waals surface area contributed by atoms with E-state index in [1.807, 2.05) is 0 Å². The molecule has 1 aliphatic heterocycles. The van der Waals surface area contributed by atoms with E-state index in [0.29, 0.717) is 0 Å². The monoisotopic (exact) mass is 263 g/mol. The lowest BCUT2D eigenvalue weighted by Gasteiger charge is -2.18. The van der Waals surface area contributed by atoms with Crippen molar-refractivity contribution in [2.75, 3.05) is 0 Å². The van der Waals surface area contributed by atoms with Gasteiger partial charge < -0.3 is 0 Å². The molecule has 0 saturated carbocycles. The van der Waals surface area contributed by atoms with Gasteiger partial charge in [0, 0.05) is 5.71 Å². The average molecular weight is 263 g/mol. The van der Waals surface area contributed by atoms with E-state index >= 15 is 0 Å². The summed E-state index contributed by atoms with van der Waals surface area (Å²) in [6.07, 6.45) is 19.8. The second-order valence-corrected chi connectivity index (χ2v) is 6.38. The molecule has 1 unspecified atom stereocenters. The van der Waals surface area contributed by atoms with Crippen molar-refractivity contribution in [3.8, 4) is 0 Å². The van der Waals surface area contributed by atoms with E-state index in [1.165, 1.54) is 76.3 Å².